The summed E-state index contributed by atoms with van der Waals surface area (Å²) in [7, 11) is -3.68. The molecule has 2 aliphatic rings. The molecular formula is C22H27N3O4S2. The highest BCUT2D eigenvalue weighted by molar-refractivity contribution is 7.98. The van der Waals surface area contributed by atoms with E-state index in [1.54, 1.807) is 23.1 Å². The molecule has 0 atom stereocenters. The van der Waals surface area contributed by atoms with E-state index in [-0.39, 0.29) is 10.8 Å². The van der Waals surface area contributed by atoms with Crippen LogP contribution in [0.15, 0.2) is 58.3 Å². The molecular weight excluding hydrogens is 434 g/mol. The maximum atomic E-state index is 13.3. The smallest absolute Gasteiger partial charge is 0.255 e. The predicted molar refractivity (Wildman–Crippen MR) is 122 cm³/mol. The highest BCUT2D eigenvalue weighted by Crippen LogP contribution is 2.28. The van der Waals surface area contributed by atoms with Crippen molar-refractivity contribution in [3.8, 4) is 0 Å². The van der Waals surface area contributed by atoms with Crippen LogP contribution in [0.3, 0.4) is 0 Å². The third-order valence-electron chi connectivity index (χ3n) is 5.70. The monoisotopic (exact) mass is 461 g/mol. The van der Waals surface area contributed by atoms with Crippen LogP contribution in [0.4, 0.5) is 5.69 Å². The van der Waals surface area contributed by atoms with Gasteiger partial charge in [0, 0.05) is 49.9 Å². The Kier molecular flexibility index (Phi) is 6.86. The highest BCUT2D eigenvalue weighted by atomic mass is 32.2. The van der Waals surface area contributed by atoms with Gasteiger partial charge in [0.05, 0.1) is 23.7 Å². The molecule has 7 nitrogen and oxygen atoms in total. The fraction of sp³-hybridized carbons (Fsp3) is 0.409. The third kappa shape index (κ3) is 4.74. The number of carbonyl (C=O) groups is 1. The lowest BCUT2D eigenvalue weighted by molar-refractivity contribution is 0.0300. The van der Waals surface area contributed by atoms with Gasteiger partial charge in [0.15, 0.2) is 0 Å². The number of ether oxygens (including phenoxy) is 1. The number of hydrogen-bond donors (Lipinski definition) is 0. The van der Waals surface area contributed by atoms with Crippen LogP contribution in [0.5, 0.6) is 0 Å². The molecule has 2 saturated heterocycles. The molecule has 0 N–H and O–H groups in total. The molecule has 31 heavy (non-hydrogen) atoms. The maximum absolute atomic E-state index is 13.3. The Balaban J connectivity index is 1.53. The number of piperazine rings is 1. The molecule has 0 aromatic heterocycles. The van der Waals surface area contributed by atoms with E-state index in [1.165, 1.54) is 16.1 Å². The number of para-hydroxylation sites is 1. The van der Waals surface area contributed by atoms with E-state index < -0.39 is 10.0 Å². The zero-order valence-electron chi connectivity index (χ0n) is 17.6. The first-order valence-corrected chi connectivity index (χ1v) is 13.0. The van der Waals surface area contributed by atoms with Crippen LogP contribution in [0.1, 0.15) is 10.4 Å². The molecule has 166 valence electrons. The van der Waals surface area contributed by atoms with Crippen molar-refractivity contribution in [2.24, 2.45) is 0 Å². The van der Waals surface area contributed by atoms with E-state index in [9.17, 15) is 13.2 Å². The highest BCUT2D eigenvalue weighted by Gasteiger charge is 2.30. The van der Waals surface area contributed by atoms with E-state index >= 15 is 0 Å². The van der Waals surface area contributed by atoms with Crippen molar-refractivity contribution in [3.05, 3.63) is 54.1 Å². The lowest BCUT2D eigenvalue weighted by Gasteiger charge is -2.35. The summed E-state index contributed by atoms with van der Waals surface area (Å²) in [6.45, 7) is 4.13. The van der Waals surface area contributed by atoms with E-state index in [0.29, 0.717) is 58.0 Å². The van der Waals surface area contributed by atoms with Gasteiger partial charge in [-0.05, 0) is 36.6 Å². The fourth-order valence-electron chi connectivity index (χ4n) is 3.93. The van der Waals surface area contributed by atoms with Gasteiger partial charge in [0.2, 0.25) is 10.0 Å². The van der Waals surface area contributed by atoms with Gasteiger partial charge >= 0.3 is 0 Å². The molecule has 1 amide bonds. The van der Waals surface area contributed by atoms with Gasteiger partial charge in [-0.2, -0.15) is 4.31 Å². The molecule has 2 aliphatic heterocycles. The number of morpholine rings is 1. The molecule has 0 spiro atoms. The Hall–Kier alpha value is -2.07. The average Bonchev–Trinajstić information content (AvgIpc) is 2.84. The molecule has 0 bridgehead atoms. The van der Waals surface area contributed by atoms with E-state index in [2.05, 4.69) is 4.90 Å². The Labute approximate surface area is 188 Å². The second-order valence-electron chi connectivity index (χ2n) is 7.49. The van der Waals surface area contributed by atoms with Crippen molar-refractivity contribution >= 4 is 33.4 Å². The molecule has 0 radical (unpaired) electrons. The summed E-state index contributed by atoms with van der Waals surface area (Å²) in [5, 5.41) is 0. The minimum atomic E-state index is -3.68. The second kappa shape index (κ2) is 9.60. The summed E-state index contributed by atoms with van der Waals surface area (Å²) in [6.07, 6.45) is 1.89. The zero-order chi connectivity index (χ0) is 21.8. The molecule has 4 rings (SSSR count). The molecule has 2 fully saturated rings. The van der Waals surface area contributed by atoms with Crippen molar-refractivity contribution in [3.63, 3.8) is 0 Å². The topological polar surface area (TPSA) is 70.2 Å². The van der Waals surface area contributed by atoms with Crippen LogP contribution in [-0.4, -0.2) is 82.3 Å². The van der Waals surface area contributed by atoms with Crippen LogP contribution in [-0.2, 0) is 14.8 Å². The lowest BCUT2D eigenvalue weighted by atomic mass is 10.2. The SMILES string of the molecule is CSc1ccc(S(=O)(=O)N2CCN(c3ccccc3)CC2)cc1C(=O)N1CCOCC1. The van der Waals surface area contributed by atoms with Gasteiger partial charge in [-0.1, -0.05) is 18.2 Å². The molecule has 0 aliphatic carbocycles. The van der Waals surface area contributed by atoms with Gasteiger partial charge in [-0.3, -0.25) is 4.79 Å². The molecule has 2 heterocycles. The van der Waals surface area contributed by atoms with Crippen LogP contribution < -0.4 is 4.90 Å². The van der Waals surface area contributed by atoms with Gasteiger partial charge in [0.1, 0.15) is 0 Å². The van der Waals surface area contributed by atoms with Crippen LogP contribution in [0.2, 0.25) is 0 Å². The summed E-state index contributed by atoms with van der Waals surface area (Å²) < 4.78 is 33.5. The summed E-state index contributed by atoms with van der Waals surface area (Å²) in [6, 6.07) is 14.9. The van der Waals surface area contributed by atoms with Crippen molar-refractivity contribution in [1.82, 2.24) is 9.21 Å². The average molecular weight is 462 g/mol. The predicted octanol–water partition coefficient (Wildman–Crippen LogP) is 2.39. The number of nitrogens with zero attached hydrogens (tertiary/aromatic N) is 3. The zero-order valence-corrected chi connectivity index (χ0v) is 19.2. The maximum Gasteiger partial charge on any atom is 0.255 e. The number of carbonyl (C=O) groups excluding carboxylic acids is 1. The Morgan fingerprint density at radius 2 is 1.61 bits per heavy atom. The largest absolute Gasteiger partial charge is 0.378 e. The van der Waals surface area contributed by atoms with E-state index in [1.807, 2.05) is 36.6 Å². The number of sulfonamides is 1. The summed E-state index contributed by atoms with van der Waals surface area (Å²) in [5.41, 5.74) is 1.54. The van der Waals surface area contributed by atoms with E-state index in [0.717, 1.165) is 10.6 Å². The minimum Gasteiger partial charge on any atom is -0.378 e. The number of anilines is 1. The molecule has 2 aromatic rings. The number of thioether (sulfide) groups is 1. The number of amides is 1. The van der Waals surface area contributed by atoms with Crippen LogP contribution >= 0.6 is 11.8 Å². The second-order valence-corrected chi connectivity index (χ2v) is 10.3. The third-order valence-corrected chi connectivity index (χ3v) is 8.39. The first-order chi connectivity index (χ1) is 15.0. The van der Waals surface area contributed by atoms with Crippen molar-refractivity contribution in [2.45, 2.75) is 9.79 Å². The number of rotatable bonds is 5. The minimum absolute atomic E-state index is 0.140. The molecule has 0 saturated carbocycles. The number of benzene rings is 2. The van der Waals surface area contributed by atoms with Crippen LogP contribution in [0.25, 0.3) is 0 Å². The summed E-state index contributed by atoms with van der Waals surface area (Å²) in [4.78, 5) is 18.0. The number of hydrogen-bond acceptors (Lipinski definition) is 6. The van der Waals surface area contributed by atoms with Gasteiger partial charge in [-0.15, -0.1) is 11.8 Å². The molecule has 0 unspecified atom stereocenters. The Bertz CT molecular complexity index is 1020. The summed E-state index contributed by atoms with van der Waals surface area (Å²) in [5.74, 6) is -0.140. The molecule has 9 heteroatoms. The lowest BCUT2D eigenvalue weighted by Crippen LogP contribution is -2.48. The first-order valence-electron chi connectivity index (χ1n) is 10.4. The van der Waals surface area contributed by atoms with E-state index in [4.69, 9.17) is 4.74 Å². The Morgan fingerprint density at radius 1 is 0.935 bits per heavy atom. The van der Waals surface area contributed by atoms with Crippen molar-refractivity contribution in [1.29, 1.82) is 0 Å². The van der Waals surface area contributed by atoms with Crippen molar-refractivity contribution < 1.29 is 17.9 Å². The Morgan fingerprint density at radius 3 is 2.26 bits per heavy atom. The standard InChI is InChI=1S/C22H27N3O4S2/c1-30-21-8-7-19(17-20(21)22(26)24-13-15-29-16-14-24)31(27,28)25-11-9-23(10-12-25)18-5-3-2-4-6-18/h2-8,17H,9-16H2,1H3. The summed E-state index contributed by atoms with van der Waals surface area (Å²) >= 11 is 1.45. The van der Waals surface area contributed by atoms with Gasteiger partial charge in [-0.25, -0.2) is 8.42 Å². The quantitative estimate of drug-likeness (QED) is 0.637. The first kappa shape index (κ1) is 22.1. The normalized spacial score (nSPS) is 18.2. The fourth-order valence-corrected chi connectivity index (χ4v) is 5.95. The van der Waals surface area contributed by atoms with Gasteiger partial charge < -0.3 is 14.5 Å². The van der Waals surface area contributed by atoms with Crippen molar-refractivity contribution in [2.75, 3.05) is 63.6 Å². The van der Waals surface area contributed by atoms with Gasteiger partial charge in [0.25, 0.3) is 5.91 Å². The van der Waals surface area contributed by atoms with Crippen LogP contribution in [0, 0.1) is 0 Å². The molecule has 2 aromatic carbocycles.